The highest BCUT2D eigenvalue weighted by molar-refractivity contribution is 6.49. The molecular formula is C22H28ClN3. The molecule has 0 amide bonds. The van der Waals surface area contributed by atoms with Crippen molar-refractivity contribution < 1.29 is 0 Å². The van der Waals surface area contributed by atoms with E-state index < -0.39 is 0 Å². The first-order valence-electron chi connectivity index (χ1n) is 8.58. The molecule has 0 bridgehead atoms. The first-order valence-corrected chi connectivity index (χ1v) is 8.95. The number of nitrogens with two attached hydrogens (primary N) is 1. The van der Waals surface area contributed by atoms with Gasteiger partial charge in [0, 0.05) is 41.0 Å². The van der Waals surface area contributed by atoms with E-state index in [9.17, 15) is 0 Å². The van der Waals surface area contributed by atoms with Crippen LogP contribution in [0.2, 0.25) is 0 Å². The fraction of sp³-hybridized carbons (Fsp3) is 0.273. The van der Waals surface area contributed by atoms with Crippen LogP contribution in [0.5, 0.6) is 0 Å². The molecule has 0 aliphatic rings. The number of allylic oxidation sites excluding steroid dienone is 1. The van der Waals surface area contributed by atoms with Gasteiger partial charge >= 0.3 is 0 Å². The maximum atomic E-state index is 6.65. The number of aromatic nitrogens is 1. The Morgan fingerprint density at radius 1 is 1.12 bits per heavy atom. The second kappa shape index (κ2) is 7.46. The van der Waals surface area contributed by atoms with Crippen LogP contribution in [0.15, 0.2) is 37.4 Å². The summed E-state index contributed by atoms with van der Waals surface area (Å²) in [5.74, 6) is 0.606. The summed E-state index contributed by atoms with van der Waals surface area (Å²) in [6, 6.07) is 4.24. The molecule has 3 N–H and O–H groups in total. The normalized spacial score (nSPS) is 10.7. The molecule has 138 valence electrons. The number of anilines is 1. The molecule has 1 aromatic carbocycles. The van der Waals surface area contributed by atoms with Crippen molar-refractivity contribution in [3.8, 4) is 5.69 Å². The zero-order chi connectivity index (χ0) is 19.8. The molecule has 3 nitrogen and oxygen atoms in total. The van der Waals surface area contributed by atoms with Gasteiger partial charge in [-0.25, -0.2) is 0 Å². The number of rotatable bonds is 6. The predicted octanol–water partition coefficient (Wildman–Crippen LogP) is 5.50. The lowest BCUT2D eigenvalue weighted by atomic mass is 10.0. The number of hydrogen-bond acceptors (Lipinski definition) is 2. The molecule has 2 aromatic rings. The van der Waals surface area contributed by atoms with Gasteiger partial charge in [-0.15, -0.1) is 0 Å². The molecule has 0 aliphatic carbocycles. The maximum absolute atomic E-state index is 6.65. The number of nitrogen functional groups attached to an aromatic ring is 1. The third-order valence-electron chi connectivity index (χ3n) is 4.78. The molecule has 0 unspecified atom stereocenters. The van der Waals surface area contributed by atoms with Crippen molar-refractivity contribution in [1.29, 1.82) is 0 Å². The molecule has 0 fully saturated rings. The summed E-state index contributed by atoms with van der Waals surface area (Å²) in [7, 11) is 1.82. The number of nitrogens with one attached hydrogen (secondary N) is 1. The topological polar surface area (TPSA) is 43.0 Å². The van der Waals surface area contributed by atoms with Gasteiger partial charge in [0.05, 0.1) is 5.69 Å². The lowest BCUT2D eigenvalue weighted by Crippen LogP contribution is -2.10. The van der Waals surface area contributed by atoms with Crippen molar-refractivity contribution in [1.82, 2.24) is 9.88 Å². The molecule has 0 saturated carbocycles. The van der Waals surface area contributed by atoms with Crippen LogP contribution in [0.3, 0.4) is 0 Å². The molecular weight excluding hydrogens is 342 g/mol. The van der Waals surface area contributed by atoms with E-state index in [1.807, 2.05) is 14.0 Å². The van der Waals surface area contributed by atoms with Crippen molar-refractivity contribution in [2.45, 2.75) is 34.1 Å². The van der Waals surface area contributed by atoms with Crippen LogP contribution in [-0.4, -0.2) is 11.6 Å². The van der Waals surface area contributed by atoms with E-state index in [0.29, 0.717) is 23.0 Å². The van der Waals surface area contributed by atoms with E-state index in [-0.39, 0.29) is 0 Å². The van der Waals surface area contributed by atoms with Gasteiger partial charge in [0.25, 0.3) is 0 Å². The van der Waals surface area contributed by atoms with Gasteiger partial charge in [-0.3, -0.25) is 4.57 Å². The molecule has 1 heterocycles. The first-order chi connectivity index (χ1) is 12.1. The third kappa shape index (κ3) is 3.32. The van der Waals surface area contributed by atoms with Crippen molar-refractivity contribution in [2.24, 2.45) is 0 Å². The summed E-state index contributed by atoms with van der Waals surface area (Å²) in [5, 5.41) is 3.54. The molecule has 0 radical (unpaired) electrons. The third-order valence-corrected chi connectivity index (χ3v) is 4.97. The first kappa shape index (κ1) is 19.9. The van der Waals surface area contributed by atoms with E-state index in [1.165, 1.54) is 11.1 Å². The maximum Gasteiger partial charge on any atom is 0.118 e. The van der Waals surface area contributed by atoms with Crippen LogP contribution in [0.4, 0.5) is 5.82 Å². The minimum Gasteiger partial charge on any atom is -0.388 e. The largest absolute Gasteiger partial charge is 0.388 e. The average molecular weight is 370 g/mol. The fourth-order valence-electron chi connectivity index (χ4n) is 3.35. The van der Waals surface area contributed by atoms with E-state index in [1.54, 1.807) is 0 Å². The molecule has 2 rings (SSSR count). The Kier molecular flexibility index (Phi) is 5.72. The quantitative estimate of drug-likeness (QED) is 0.660. The van der Waals surface area contributed by atoms with Gasteiger partial charge in [0.2, 0.25) is 0 Å². The Morgan fingerprint density at radius 3 is 2.19 bits per heavy atom. The number of halogens is 1. The van der Waals surface area contributed by atoms with Crippen molar-refractivity contribution in [3.05, 3.63) is 71.0 Å². The predicted molar refractivity (Wildman–Crippen MR) is 116 cm³/mol. The van der Waals surface area contributed by atoms with Gasteiger partial charge in [0.15, 0.2) is 0 Å². The minimum absolute atomic E-state index is 0.445. The highest BCUT2D eigenvalue weighted by Crippen LogP contribution is 2.40. The van der Waals surface area contributed by atoms with Crippen molar-refractivity contribution in [2.75, 3.05) is 12.8 Å². The minimum atomic E-state index is 0.445. The standard InChI is InChI=1S/C22H28ClN3/c1-12(2)11-18-19(16(6)23)20(17(7)25-8)22(24)26(18)21-14(4)10-9-13(3)15(21)5/h9-10,25H,1,6-7,11,24H2,2-5,8H3. The molecule has 0 saturated heterocycles. The Hall–Kier alpha value is -2.39. The highest BCUT2D eigenvalue weighted by atomic mass is 35.5. The fourth-order valence-corrected chi connectivity index (χ4v) is 3.56. The lowest BCUT2D eigenvalue weighted by molar-refractivity contribution is 0.935. The van der Waals surface area contributed by atoms with Crippen LogP contribution in [-0.2, 0) is 6.42 Å². The highest BCUT2D eigenvalue weighted by Gasteiger charge is 2.26. The molecule has 0 atom stereocenters. The Morgan fingerprint density at radius 2 is 1.69 bits per heavy atom. The zero-order valence-electron chi connectivity index (χ0n) is 16.4. The van der Waals surface area contributed by atoms with Crippen LogP contribution in [0, 0.1) is 20.8 Å². The summed E-state index contributed by atoms with van der Waals surface area (Å²) in [6.07, 6.45) is 0.648. The Balaban J connectivity index is 3.03. The van der Waals surface area contributed by atoms with E-state index in [0.717, 1.165) is 33.6 Å². The zero-order valence-corrected chi connectivity index (χ0v) is 17.1. The number of aryl methyl sites for hydroxylation is 2. The van der Waals surface area contributed by atoms with Crippen molar-refractivity contribution >= 4 is 28.1 Å². The molecule has 26 heavy (non-hydrogen) atoms. The van der Waals surface area contributed by atoms with E-state index in [2.05, 4.69) is 62.5 Å². The molecule has 4 heteroatoms. The van der Waals surface area contributed by atoms with Gasteiger partial charge in [0.1, 0.15) is 5.82 Å². The molecule has 0 spiro atoms. The summed E-state index contributed by atoms with van der Waals surface area (Å²) in [4.78, 5) is 0. The van der Waals surface area contributed by atoms with Crippen LogP contribution < -0.4 is 11.1 Å². The lowest BCUT2D eigenvalue weighted by Gasteiger charge is -2.19. The van der Waals surface area contributed by atoms with Crippen molar-refractivity contribution in [3.63, 3.8) is 0 Å². The second-order valence-electron chi connectivity index (χ2n) is 6.86. The monoisotopic (exact) mass is 369 g/mol. The summed E-state index contributed by atoms with van der Waals surface area (Å²) in [5.41, 5.74) is 15.6. The van der Waals surface area contributed by atoms with Gasteiger partial charge in [-0.05, 0) is 44.4 Å². The van der Waals surface area contributed by atoms with Gasteiger partial charge in [-0.1, -0.05) is 49.0 Å². The van der Waals surface area contributed by atoms with Crippen LogP contribution in [0.1, 0.15) is 40.4 Å². The molecule has 0 aliphatic heterocycles. The Bertz CT molecular complexity index is 916. The Labute approximate surface area is 161 Å². The van der Waals surface area contributed by atoms with E-state index >= 15 is 0 Å². The van der Waals surface area contributed by atoms with Gasteiger partial charge in [-0.2, -0.15) is 0 Å². The van der Waals surface area contributed by atoms with Crippen LogP contribution >= 0.6 is 11.6 Å². The molecule has 1 aromatic heterocycles. The SMILES string of the molecule is C=C(C)Cc1c(C(=C)Cl)c(C(=C)NC)c(N)n1-c1c(C)ccc(C)c1C. The average Bonchev–Trinajstić information content (AvgIpc) is 2.83. The van der Waals surface area contributed by atoms with E-state index in [4.69, 9.17) is 17.3 Å². The number of nitrogens with zero attached hydrogens (tertiary/aromatic N) is 1. The smallest absolute Gasteiger partial charge is 0.118 e. The van der Waals surface area contributed by atoms with Crippen LogP contribution in [0.25, 0.3) is 16.4 Å². The van der Waals surface area contributed by atoms with Gasteiger partial charge < -0.3 is 11.1 Å². The second-order valence-corrected chi connectivity index (χ2v) is 7.31. The number of hydrogen-bond donors (Lipinski definition) is 2. The summed E-state index contributed by atoms with van der Waals surface area (Å²) >= 11 is 6.42. The summed E-state index contributed by atoms with van der Waals surface area (Å²) in [6.45, 7) is 20.5. The number of benzene rings is 1. The summed E-state index contributed by atoms with van der Waals surface area (Å²) < 4.78 is 2.09.